The van der Waals surface area contributed by atoms with Crippen LogP contribution in [-0.2, 0) is 6.42 Å². The van der Waals surface area contributed by atoms with Crippen molar-refractivity contribution in [1.82, 2.24) is 0 Å². The van der Waals surface area contributed by atoms with Crippen LogP contribution in [0.2, 0.25) is 10.0 Å². The summed E-state index contributed by atoms with van der Waals surface area (Å²) < 4.78 is 0. The van der Waals surface area contributed by atoms with Crippen molar-refractivity contribution in [3.63, 3.8) is 0 Å². The molecule has 0 aliphatic rings. The van der Waals surface area contributed by atoms with E-state index >= 15 is 0 Å². The molecule has 112 valence electrons. The molecule has 0 bridgehead atoms. The lowest BCUT2D eigenvalue weighted by atomic mass is 10.0. The van der Waals surface area contributed by atoms with E-state index < -0.39 is 0 Å². The van der Waals surface area contributed by atoms with Crippen LogP contribution >= 0.6 is 35.0 Å². The van der Waals surface area contributed by atoms with Crippen molar-refractivity contribution in [1.29, 1.82) is 0 Å². The van der Waals surface area contributed by atoms with Gasteiger partial charge in [-0.3, -0.25) is 0 Å². The normalized spacial score (nSPS) is 12.4. The lowest BCUT2D eigenvalue weighted by molar-refractivity contribution is 0.828. The van der Waals surface area contributed by atoms with Gasteiger partial charge in [-0.05, 0) is 35.7 Å². The van der Waals surface area contributed by atoms with Gasteiger partial charge in [-0.15, -0.1) is 11.8 Å². The third-order valence-corrected chi connectivity index (χ3v) is 5.11. The van der Waals surface area contributed by atoms with E-state index in [0.29, 0.717) is 5.02 Å². The van der Waals surface area contributed by atoms with Crippen molar-refractivity contribution < 1.29 is 0 Å². The summed E-state index contributed by atoms with van der Waals surface area (Å²) in [6.07, 6.45) is 2.27. The SMILES string of the molecule is CCCc1ccc(C(N)CSc2cc(Cl)ccc2Cl)cc1. The molecule has 0 saturated heterocycles. The molecular formula is C17H19Cl2NS. The van der Waals surface area contributed by atoms with Gasteiger partial charge in [0.05, 0.1) is 5.02 Å². The summed E-state index contributed by atoms with van der Waals surface area (Å²) in [5, 5.41) is 1.41. The van der Waals surface area contributed by atoms with E-state index in [1.807, 2.05) is 12.1 Å². The first-order chi connectivity index (χ1) is 10.1. The van der Waals surface area contributed by atoms with Crippen LogP contribution in [0.4, 0.5) is 0 Å². The fourth-order valence-electron chi connectivity index (χ4n) is 2.08. The lowest BCUT2D eigenvalue weighted by Gasteiger charge is -2.13. The predicted molar refractivity (Wildman–Crippen MR) is 94.6 cm³/mol. The van der Waals surface area contributed by atoms with E-state index in [1.165, 1.54) is 5.56 Å². The van der Waals surface area contributed by atoms with Gasteiger partial charge in [-0.1, -0.05) is 60.8 Å². The summed E-state index contributed by atoms with van der Waals surface area (Å²) in [6.45, 7) is 2.19. The summed E-state index contributed by atoms with van der Waals surface area (Å²) in [5.74, 6) is 0.771. The predicted octanol–water partition coefficient (Wildman–Crippen LogP) is 5.74. The van der Waals surface area contributed by atoms with Crippen LogP contribution in [-0.4, -0.2) is 5.75 Å². The van der Waals surface area contributed by atoms with Gasteiger partial charge in [0.25, 0.3) is 0 Å². The first-order valence-corrected chi connectivity index (χ1v) is 8.76. The quantitative estimate of drug-likeness (QED) is 0.679. The Labute approximate surface area is 140 Å². The van der Waals surface area contributed by atoms with Gasteiger partial charge in [0, 0.05) is 21.7 Å². The molecule has 2 N–H and O–H groups in total. The van der Waals surface area contributed by atoms with Crippen LogP contribution in [0.5, 0.6) is 0 Å². The molecule has 1 nitrogen and oxygen atoms in total. The largest absolute Gasteiger partial charge is 0.323 e. The first-order valence-electron chi connectivity index (χ1n) is 7.02. The van der Waals surface area contributed by atoms with E-state index in [1.54, 1.807) is 17.8 Å². The van der Waals surface area contributed by atoms with Crippen LogP contribution in [0.15, 0.2) is 47.4 Å². The van der Waals surface area contributed by atoms with Gasteiger partial charge in [0.15, 0.2) is 0 Å². The van der Waals surface area contributed by atoms with Gasteiger partial charge in [0.1, 0.15) is 0 Å². The molecule has 0 radical (unpaired) electrons. The Hall–Kier alpha value is -0.670. The maximum Gasteiger partial charge on any atom is 0.0542 e. The van der Waals surface area contributed by atoms with Crippen LogP contribution in [0.1, 0.15) is 30.5 Å². The standard InChI is InChI=1S/C17H19Cl2NS/c1-2-3-12-4-6-13(7-5-12)16(20)11-21-17-10-14(18)8-9-15(17)19/h4-10,16H,2-3,11,20H2,1H3. The smallest absolute Gasteiger partial charge is 0.0542 e. The Balaban J connectivity index is 1.97. The van der Waals surface area contributed by atoms with Crippen molar-refractivity contribution in [3.05, 3.63) is 63.6 Å². The second-order valence-electron chi connectivity index (χ2n) is 4.98. The molecule has 0 aliphatic heterocycles. The van der Waals surface area contributed by atoms with E-state index in [2.05, 4.69) is 31.2 Å². The molecule has 0 aliphatic carbocycles. The molecule has 2 rings (SSSR count). The summed E-state index contributed by atoms with van der Waals surface area (Å²) in [4.78, 5) is 0.974. The van der Waals surface area contributed by atoms with E-state index in [0.717, 1.165) is 34.1 Å². The van der Waals surface area contributed by atoms with E-state index in [4.69, 9.17) is 28.9 Å². The highest BCUT2D eigenvalue weighted by Crippen LogP contribution is 2.32. The zero-order chi connectivity index (χ0) is 15.2. The number of rotatable bonds is 6. The van der Waals surface area contributed by atoms with E-state index in [9.17, 15) is 0 Å². The molecule has 0 amide bonds. The number of hydrogen-bond acceptors (Lipinski definition) is 2. The lowest BCUT2D eigenvalue weighted by Crippen LogP contribution is -2.12. The Morgan fingerprint density at radius 2 is 1.81 bits per heavy atom. The minimum Gasteiger partial charge on any atom is -0.323 e. The summed E-state index contributed by atoms with van der Waals surface area (Å²) in [5.41, 5.74) is 8.77. The second-order valence-corrected chi connectivity index (χ2v) is 6.89. The summed E-state index contributed by atoms with van der Waals surface area (Å²) in [6, 6.07) is 14.0. The molecule has 0 heterocycles. The van der Waals surface area contributed by atoms with Crippen LogP contribution in [0.3, 0.4) is 0 Å². The second kappa shape index (κ2) is 8.09. The number of nitrogens with two attached hydrogens (primary N) is 1. The molecule has 0 spiro atoms. The fraction of sp³-hybridized carbons (Fsp3) is 0.294. The molecule has 4 heteroatoms. The molecular weight excluding hydrogens is 321 g/mol. The minimum atomic E-state index is -0.0132. The third-order valence-electron chi connectivity index (χ3n) is 3.26. The molecule has 0 fully saturated rings. The number of hydrogen-bond donors (Lipinski definition) is 1. The molecule has 0 saturated carbocycles. The monoisotopic (exact) mass is 339 g/mol. The molecule has 1 atom stereocenters. The van der Waals surface area contributed by atoms with Gasteiger partial charge in [-0.25, -0.2) is 0 Å². The Bertz CT molecular complexity index is 584. The fourth-order valence-corrected chi connectivity index (χ4v) is 3.57. The van der Waals surface area contributed by atoms with Crippen LogP contribution in [0, 0.1) is 0 Å². The van der Waals surface area contributed by atoms with Gasteiger partial charge < -0.3 is 5.73 Å². The number of thioether (sulfide) groups is 1. The summed E-state index contributed by atoms with van der Waals surface area (Å²) >= 11 is 13.8. The highest BCUT2D eigenvalue weighted by Gasteiger charge is 2.09. The molecule has 21 heavy (non-hydrogen) atoms. The van der Waals surface area contributed by atoms with Crippen LogP contribution < -0.4 is 5.73 Å². The van der Waals surface area contributed by atoms with Gasteiger partial charge in [-0.2, -0.15) is 0 Å². The molecule has 2 aromatic carbocycles. The highest BCUT2D eigenvalue weighted by atomic mass is 35.5. The summed E-state index contributed by atoms with van der Waals surface area (Å²) in [7, 11) is 0. The molecule has 2 aromatic rings. The first kappa shape index (κ1) is 16.7. The van der Waals surface area contributed by atoms with Crippen molar-refractivity contribution in [2.45, 2.75) is 30.7 Å². The third kappa shape index (κ3) is 4.93. The molecule has 1 unspecified atom stereocenters. The average Bonchev–Trinajstić information content (AvgIpc) is 2.49. The van der Waals surface area contributed by atoms with Crippen molar-refractivity contribution in [2.75, 3.05) is 5.75 Å². The van der Waals surface area contributed by atoms with Gasteiger partial charge in [0.2, 0.25) is 0 Å². The number of halogens is 2. The number of aryl methyl sites for hydroxylation is 1. The Morgan fingerprint density at radius 1 is 1.10 bits per heavy atom. The maximum absolute atomic E-state index is 6.26. The zero-order valence-corrected chi connectivity index (χ0v) is 14.3. The Morgan fingerprint density at radius 3 is 2.48 bits per heavy atom. The minimum absolute atomic E-state index is 0.0132. The van der Waals surface area contributed by atoms with Crippen LogP contribution in [0.25, 0.3) is 0 Å². The zero-order valence-electron chi connectivity index (χ0n) is 12.0. The van der Waals surface area contributed by atoms with Gasteiger partial charge >= 0.3 is 0 Å². The van der Waals surface area contributed by atoms with Crippen molar-refractivity contribution in [2.24, 2.45) is 5.73 Å². The van der Waals surface area contributed by atoms with Crippen molar-refractivity contribution in [3.8, 4) is 0 Å². The average molecular weight is 340 g/mol. The highest BCUT2D eigenvalue weighted by molar-refractivity contribution is 7.99. The topological polar surface area (TPSA) is 26.0 Å². The Kier molecular flexibility index (Phi) is 6.43. The maximum atomic E-state index is 6.26. The number of benzene rings is 2. The van der Waals surface area contributed by atoms with Crippen molar-refractivity contribution >= 4 is 35.0 Å². The van der Waals surface area contributed by atoms with E-state index in [-0.39, 0.29) is 6.04 Å². The molecule has 0 aromatic heterocycles.